The number of hydrogen-bond donors (Lipinski definition) is 0. The van der Waals surface area contributed by atoms with Gasteiger partial charge in [0, 0.05) is 20.6 Å². The van der Waals surface area contributed by atoms with E-state index in [4.69, 9.17) is 0 Å². The molecule has 2 aromatic rings. The molecule has 0 bridgehead atoms. The quantitative estimate of drug-likeness (QED) is 0.621. The van der Waals surface area contributed by atoms with Gasteiger partial charge in [-0.05, 0) is 12.3 Å². The highest BCUT2D eigenvalue weighted by molar-refractivity contribution is 5.69. The van der Waals surface area contributed by atoms with Crippen molar-refractivity contribution in [3.8, 4) is 0 Å². The zero-order valence-electron chi connectivity index (χ0n) is 15.5. The first-order valence-electron chi connectivity index (χ1n) is 9.70. The van der Waals surface area contributed by atoms with Crippen LogP contribution in [0.4, 0.5) is 0 Å². The molecule has 25 heavy (non-hydrogen) atoms. The van der Waals surface area contributed by atoms with Gasteiger partial charge in [-0.15, -0.1) is 0 Å². The number of rotatable bonds is 10. The van der Waals surface area contributed by atoms with Crippen LogP contribution in [0.25, 0.3) is 11.2 Å². The molecule has 1 aliphatic carbocycles. The molecule has 1 aliphatic rings. The first kappa shape index (κ1) is 18.0. The molecule has 0 amide bonds. The van der Waals surface area contributed by atoms with E-state index >= 15 is 0 Å². The van der Waals surface area contributed by atoms with E-state index in [1.54, 1.807) is 13.4 Å². The van der Waals surface area contributed by atoms with E-state index in [0.717, 1.165) is 23.5 Å². The van der Waals surface area contributed by atoms with E-state index in [1.807, 2.05) is 4.57 Å². The maximum absolute atomic E-state index is 12.4. The summed E-state index contributed by atoms with van der Waals surface area (Å²) in [5.74, 6) is 1.07. The fourth-order valence-electron chi connectivity index (χ4n) is 3.57. The van der Waals surface area contributed by atoms with Crippen molar-refractivity contribution >= 4 is 11.2 Å². The van der Waals surface area contributed by atoms with Gasteiger partial charge in [0.2, 0.25) is 0 Å². The van der Waals surface area contributed by atoms with Crippen molar-refractivity contribution in [3.05, 3.63) is 27.2 Å². The number of unbranched alkanes of at least 4 members (excludes halogenated alkanes) is 6. The Balaban J connectivity index is 1.44. The minimum Gasteiger partial charge on any atom is -0.325 e. The third-order valence-corrected chi connectivity index (χ3v) is 5.43. The predicted molar refractivity (Wildman–Crippen MR) is 99.9 cm³/mol. The van der Waals surface area contributed by atoms with Crippen molar-refractivity contribution in [3.63, 3.8) is 0 Å². The lowest BCUT2D eigenvalue weighted by Crippen LogP contribution is -2.37. The fourth-order valence-corrected chi connectivity index (χ4v) is 3.57. The van der Waals surface area contributed by atoms with Crippen LogP contribution in [0.15, 0.2) is 15.9 Å². The molecule has 0 unspecified atom stereocenters. The van der Waals surface area contributed by atoms with Gasteiger partial charge in [-0.25, -0.2) is 9.78 Å². The Labute approximate surface area is 148 Å². The number of nitrogens with zero attached hydrogens (tertiary/aromatic N) is 4. The molecule has 0 N–H and O–H groups in total. The highest BCUT2D eigenvalue weighted by Crippen LogP contribution is 2.34. The van der Waals surface area contributed by atoms with Crippen LogP contribution in [0.1, 0.15) is 64.2 Å². The highest BCUT2D eigenvalue weighted by Gasteiger charge is 2.19. The van der Waals surface area contributed by atoms with Crippen LogP contribution in [0, 0.1) is 5.92 Å². The number of aryl methyl sites for hydroxylation is 2. The molecule has 6 heteroatoms. The van der Waals surface area contributed by atoms with Gasteiger partial charge >= 0.3 is 5.69 Å². The standard InChI is InChI=1S/C19H30N4O2/c1-21-17-16(18(24)22(2)19(21)25)23(14-20-17)13-9-7-5-3-4-6-8-10-15-11-12-15/h14-15H,3-13H2,1-2H3. The Morgan fingerprint density at radius 3 is 2.28 bits per heavy atom. The minimum absolute atomic E-state index is 0.258. The second kappa shape index (κ2) is 8.02. The first-order chi connectivity index (χ1) is 12.1. The van der Waals surface area contributed by atoms with E-state index in [0.29, 0.717) is 11.2 Å². The molecule has 2 heterocycles. The number of imidazole rings is 1. The fraction of sp³-hybridized carbons (Fsp3) is 0.737. The molecule has 1 saturated carbocycles. The third kappa shape index (κ3) is 4.22. The molecule has 0 radical (unpaired) electrons. The van der Waals surface area contributed by atoms with Gasteiger partial charge in [-0.2, -0.15) is 0 Å². The molecule has 138 valence electrons. The summed E-state index contributed by atoms with van der Waals surface area (Å²) in [5, 5.41) is 0. The van der Waals surface area contributed by atoms with Gasteiger partial charge in [0.1, 0.15) is 0 Å². The second-order valence-corrected chi connectivity index (χ2v) is 7.52. The third-order valence-electron chi connectivity index (χ3n) is 5.43. The Bertz CT molecular complexity index is 826. The van der Waals surface area contributed by atoms with Gasteiger partial charge in [0.05, 0.1) is 6.33 Å². The van der Waals surface area contributed by atoms with Crippen molar-refractivity contribution in [2.45, 2.75) is 70.8 Å². The monoisotopic (exact) mass is 346 g/mol. The first-order valence-corrected chi connectivity index (χ1v) is 9.70. The Hall–Kier alpha value is -1.85. The normalized spacial score (nSPS) is 14.5. The maximum Gasteiger partial charge on any atom is 0.332 e. The summed E-state index contributed by atoms with van der Waals surface area (Å²) in [5.41, 5.74) is 0.420. The summed E-state index contributed by atoms with van der Waals surface area (Å²) >= 11 is 0. The lowest BCUT2D eigenvalue weighted by molar-refractivity contribution is 0.535. The van der Waals surface area contributed by atoms with Crippen LogP contribution in [-0.2, 0) is 20.6 Å². The zero-order chi connectivity index (χ0) is 17.8. The lowest BCUT2D eigenvalue weighted by Gasteiger charge is -2.07. The van der Waals surface area contributed by atoms with Crippen LogP contribution >= 0.6 is 0 Å². The van der Waals surface area contributed by atoms with Crippen molar-refractivity contribution in [2.75, 3.05) is 0 Å². The van der Waals surface area contributed by atoms with Crippen molar-refractivity contribution in [1.29, 1.82) is 0 Å². The molecule has 0 saturated heterocycles. The molecular weight excluding hydrogens is 316 g/mol. The molecule has 0 aliphatic heterocycles. The molecule has 3 rings (SSSR count). The Morgan fingerprint density at radius 2 is 1.60 bits per heavy atom. The Kier molecular flexibility index (Phi) is 5.76. The average Bonchev–Trinajstić information content (AvgIpc) is 3.34. The van der Waals surface area contributed by atoms with Crippen molar-refractivity contribution < 1.29 is 0 Å². The van der Waals surface area contributed by atoms with Crippen LogP contribution in [0.3, 0.4) is 0 Å². The van der Waals surface area contributed by atoms with Gasteiger partial charge in [-0.3, -0.25) is 13.9 Å². The van der Waals surface area contributed by atoms with Gasteiger partial charge in [0.25, 0.3) is 5.56 Å². The lowest BCUT2D eigenvalue weighted by atomic mass is 10.1. The van der Waals surface area contributed by atoms with E-state index in [2.05, 4.69) is 4.98 Å². The molecule has 0 atom stereocenters. The Morgan fingerprint density at radius 1 is 0.960 bits per heavy atom. The molecular formula is C19H30N4O2. The average molecular weight is 346 g/mol. The molecule has 0 spiro atoms. The van der Waals surface area contributed by atoms with Gasteiger partial charge in [-0.1, -0.05) is 57.8 Å². The number of aromatic nitrogens is 4. The van der Waals surface area contributed by atoms with Crippen LogP contribution in [-0.4, -0.2) is 18.7 Å². The minimum atomic E-state index is -0.329. The number of hydrogen-bond acceptors (Lipinski definition) is 3. The van der Waals surface area contributed by atoms with E-state index in [-0.39, 0.29) is 11.2 Å². The second-order valence-electron chi connectivity index (χ2n) is 7.52. The maximum atomic E-state index is 12.4. The topological polar surface area (TPSA) is 61.8 Å². The van der Waals surface area contributed by atoms with Crippen LogP contribution in [0.5, 0.6) is 0 Å². The summed E-state index contributed by atoms with van der Waals surface area (Å²) in [6.45, 7) is 0.783. The van der Waals surface area contributed by atoms with E-state index in [1.165, 1.54) is 69.4 Å². The smallest absolute Gasteiger partial charge is 0.325 e. The molecule has 0 aromatic carbocycles. The summed E-state index contributed by atoms with van der Waals surface area (Å²) in [7, 11) is 3.18. The summed E-state index contributed by atoms with van der Waals surface area (Å²) < 4.78 is 4.49. The van der Waals surface area contributed by atoms with E-state index in [9.17, 15) is 9.59 Å². The van der Waals surface area contributed by atoms with E-state index < -0.39 is 0 Å². The largest absolute Gasteiger partial charge is 0.332 e. The summed E-state index contributed by atoms with van der Waals surface area (Å²) in [6.07, 6.45) is 15.0. The number of fused-ring (bicyclic) bond motifs is 1. The summed E-state index contributed by atoms with van der Waals surface area (Å²) in [4.78, 5) is 28.6. The molecule has 6 nitrogen and oxygen atoms in total. The van der Waals surface area contributed by atoms with Gasteiger partial charge < -0.3 is 4.57 Å². The highest BCUT2D eigenvalue weighted by atomic mass is 16.2. The van der Waals surface area contributed by atoms with Crippen LogP contribution < -0.4 is 11.2 Å². The zero-order valence-corrected chi connectivity index (χ0v) is 15.5. The molecule has 1 fully saturated rings. The van der Waals surface area contributed by atoms with Crippen molar-refractivity contribution in [1.82, 2.24) is 18.7 Å². The molecule has 2 aromatic heterocycles. The van der Waals surface area contributed by atoms with Gasteiger partial charge in [0.15, 0.2) is 11.2 Å². The predicted octanol–water partition coefficient (Wildman–Crippen LogP) is 2.96. The van der Waals surface area contributed by atoms with Crippen LogP contribution in [0.2, 0.25) is 0 Å². The van der Waals surface area contributed by atoms with Crippen molar-refractivity contribution in [2.24, 2.45) is 20.0 Å². The summed E-state index contributed by atoms with van der Waals surface area (Å²) in [6, 6.07) is 0. The SMILES string of the molecule is Cn1c(=O)c2c(ncn2CCCCCCCCCC2CC2)n(C)c1=O.